The van der Waals surface area contributed by atoms with Gasteiger partial charge < -0.3 is 9.80 Å². The van der Waals surface area contributed by atoms with Crippen molar-refractivity contribution in [2.24, 2.45) is 0 Å². The molecule has 0 saturated carbocycles. The molecule has 1 fully saturated rings. The van der Waals surface area contributed by atoms with Gasteiger partial charge in [0.15, 0.2) is 0 Å². The Hall–Kier alpha value is -2.33. The second kappa shape index (κ2) is 7.70. The molecule has 3 rings (SSSR count). The predicted octanol–water partition coefficient (Wildman–Crippen LogP) is 3.64. The summed E-state index contributed by atoms with van der Waals surface area (Å²) in [5, 5.41) is 0.613. The fourth-order valence-corrected chi connectivity index (χ4v) is 3.10. The van der Waals surface area contributed by atoms with Gasteiger partial charge in [-0.25, -0.2) is 0 Å². The number of nitrogens with zero attached hydrogens (tertiary/aromatic N) is 2. The third-order valence-electron chi connectivity index (χ3n) is 4.46. The molecule has 4 nitrogen and oxygen atoms in total. The molecule has 0 aliphatic carbocycles. The maximum absolute atomic E-state index is 12.7. The molecule has 0 spiro atoms. The van der Waals surface area contributed by atoms with E-state index in [9.17, 15) is 9.59 Å². The molecule has 0 radical (unpaired) electrons. The van der Waals surface area contributed by atoms with Gasteiger partial charge in [0.1, 0.15) is 0 Å². The summed E-state index contributed by atoms with van der Waals surface area (Å²) in [6.45, 7) is 4.40. The van der Waals surface area contributed by atoms with E-state index in [0.29, 0.717) is 42.3 Å². The lowest BCUT2D eigenvalue weighted by molar-refractivity contribution is 0.0719. The van der Waals surface area contributed by atoms with Gasteiger partial charge in [0, 0.05) is 42.3 Å². The van der Waals surface area contributed by atoms with Crippen LogP contribution in [0.1, 0.15) is 32.7 Å². The van der Waals surface area contributed by atoms with Crippen molar-refractivity contribution in [3.63, 3.8) is 0 Å². The fourth-order valence-electron chi connectivity index (χ4n) is 2.98. The van der Waals surface area contributed by atoms with Crippen molar-refractivity contribution in [1.82, 2.24) is 9.80 Å². The Morgan fingerprint density at radius 3 is 1.68 bits per heavy atom. The highest BCUT2D eigenvalue weighted by Crippen LogP contribution is 2.15. The van der Waals surface area contributed by atoms with Gasteiger partial charge in [0.25, 0.3) is 11.8 Å². The molecular formula is C20H21ClN2O2. The van der Waals surface area contributed by atoms with E-state index in [-0.39, 0.29) is 11.8 Å². The topological polar surface area (TPSA) is 40.6 Å². The van der Waals surface area contributed by atoms with Crippen LogP contribution in [-0.4, -0.2) is 47.8 Å². The SMILES string of the molecule is Cc1ccc(C(=O)N2CCCN(C(=O)c3ccc(Cl)cc3)CC2)cc1. The van der Waals surface area contributed by atoms with Crippen LogP contribution in [0.5, 0.6) is 0 Å². The zero-order valence-electron chi connectivity index (χ0n) is 14.2. The summed E-state index contributed by atoms with van der Waals surface area (Å²) >= 11 is 5.88. The Balaban J connectivity index is 1.65. The van der Waals surface area contributed by atoms with Gasteiger partial charge in [-0.2, -0.15) is 0 Å². The van der Waals surface area contributed by atoms with E-state index in [1.165, 1.54) is 0 Å². The number of carbonyl (C=O) groups excluding carboxylic acids is 2. The van der Waals surface area contributed by atoms with E-state index in [2.05, 4.69) is 0 Å². The Bertz CT molecular complexity index is 691. The lowest BCUT2D eigenvalue weighted by atomic mass is 10.1. The second-order valence-electron chi connectivity index (χ2n) is 6.31. The summed E-state index contributed by atoms with van der Waals surface area (Å²) in [5.41, 5.74) is 2.46. The molecule has 5 heteroatoms. The molecule has 0 N–H and O–H groups in total. The molecule has 1 aliphatic heterocycles. The third-order valence-corrected chi connectivity index (χ3v) is 4.71. The average Bonchev–Trinajstić information content (AvgIpc) is 2.88. The molecule has 2 aromatic rings. The van der Waals surface area contributed by atoms with Crippen LogP contribution in [0.2, 0.25) is 5.02 Å². The van der Waals surface area contributed by atoms with Crippen molar-refractivity contribution in [3.05, 3.63) is 70.2 Å². The molecule has 1 heterocycles. The molecule has 1 saturated heterocycles. The van der Waals surface area contributed by atoms with Gasteiger partial charge in [0.05, 0.1) is 0 Å². The van der Waals surface area contributed by atoms with Crippen LogP contribution >= 0.6 is 11.6 Å². The minimum absolute atomic E-state index is 0.0127. The number of hydrogen-bond donors (Lipinski definition) is 0. The molecule has 2 aromatic carbocycles. The normalized spacial score (nSPS) is 15.0. The Morgan fingerprint density at radius 2 is 1.20 bits per heavy atom. The van der Waals surface area contributed by atoms with E-state index in [1.54, 1.807) is 24.3 Å². The summed E-state index contributed by atoms with van der Waals surface area (Å²) in [4.78, 5) is 28.9. The molecular weight excluding hydrogens is 336 g/mol. The van der Waals surface area contributed by atoms with Crippen LogP contribution < -0.4 is 0 Å². The highest BCUT2D eigenvalue weighted by Gasteiger charge is 2.23. The van der Waals surface area contributed by atoms with Crippen LogP contribution in [0.25, 0.3) is 0 Å². The van der Waals surface area contributed by atoms with Gasteiger partial charge >= 0.3 is 0 Å². The average molecular weight is 357 g/mol. The first-order chi connectivity index (χ1) is 12.0. The van der Waals surface area contributed by atoms with E-state index in [4.69, 9.17) is 11.6 Å². The van der Waals surface area contributed by atoms with E-state index >= 15 is 0 Å². The number of benzene rings is 2. The van der Waals surface area contributed by atoms with Gasteiger partial charge in [-0.05, 0) is 49.7 Å². The van der Waals surface area contributed by atoms with Gasteiger partial charge in [0.2, 0.25) is 0 Å². The van der Waals surface area contributed by atoms with Crippen molar-refractivity contribution in [1.29, 1.82) is 0 Å². The Labute approximate surface area is 153 Å². The molecule has 1 aliphatic rings. The number of amides is 2. The summed E-state index contributed by atoms with van der Waals surface area (Å²) in [7, 11) is 0. The van der Waals surface area contributed by atoms with Crippen molar-refractivity contribution < 1.29 is 9.59 Å². The number of hydrogen-bond acceptors (Lipinski definition) is 2. The second-order valence-corrected chi connectivity index (χ2v) is 6.75. The zero-order chi connectivity index (χ0) is 17.8. The molecule has 0 atom stereocenters. The van der Waals surface area contributed by atoms with Gasteiger partial charge in [-0.1, -0.05) is 29.3 Å². The number of rotatable bonds is 2. The molecule has 2 amide bonds. The first-order valence-electron chi connectivity index (χ1n) is 8.45. The number of carbonyl (C=O) groups is 2. The minimum Gasteiger partial charge on any atom is -0.337 e. The van der Waals surface area contributed by atoms with Gasteiger partial charge in [-0.15, -0.1) is 0 Å². The van der Waals surface area contributed by atoms with Crippen molar-refractivity contribution >= 4 is 23.4 Å². The smallest absolute Gasteiger partial charge is 0.253 e. The molecule has 25 heavy (non-hydrogen) atoms. The first-order valence-corrected chi connectivity index (χ1v) is 8.83. The molecule has 130 valence electrons. The highest BCUT2D eigenvalue weighted by atomic mass is 35.5. The van der Waals surface area contributed by atoms with Crippen LogP contribution in [0.3, 0.4) is 0 Å². The Kier molecular flexibility index (Phi) is 5.39. The largest absolute Gasteiger partial charge is 0.337 e. The minimum atomic E-state index is -0.0127. The maximum Gasteiger partial charge on any atom is 0.253 e. The van der Waals surface area contributed by atoms with Gasteiger partial charge in [-0.3, -0.25) is 9.59 Å². The standard InChI is InChI=1S/C20H21ClN2O2/c1-15-3-5-16(6-4-15)19(24)22-11-2-12-23(14-13-22)20(25)17-7-9-18(21)10-8-17/h3-10H,2,11-14H2,1H3. The van der Waals surface area contributed by atoms with Crippen LogP contribution in [0.15, 0.2) is 48.5 Å². The number of halogens is 1. The lowest BCUT2D eigenvalue weighted by Gasteiger charge is -2.22. The molecule has 0 bridgehead atoms. The number of aryl methyl sites for hydroxylation is 1. The summed E-state index contributed by atoms with van der Waals surface area (Å²) in [6.07, 6.45) is 0.775. The monoisotopic (exact) mass is 356 g/mol. The summed E-state index contributed by atoms with van der Waals surface area (Å²) in [6, 6.07) is 14.5. The van der Waals surface area contributed by atoms with E-state index in [0.717, 1.165) is 12.0 Å². The third kappa shape index (κ3) is 4.20. The Morgan fingerprint density at radius 1 is 0.760 bits per heavy atom. The van der Waals surface area contributed by atoms with Crippen molar-refractivity contribution in [2.45, 2.75) is 13.3 Å². The summed E-state index contributed by atoms with van der Waals surface area (Å²) in [5.74, 6) is 0.0158. The summed E-state index contributed by atoms with van der Waals surface area (Å²) < 4.78 is 0. The van der Waals surface area contributed by atoms with E-state index < -0.39 is 0 Å². The van der Waals surface area contributed by atoms with Crippen LogP contribution in [-0.2, 0) is 0 Å². The lowest BCUT2D eigenvalue weighted by Crippen LogP contribution is -2.37. The quantitative estimate of drug-likeness (QED) is 0.824. The van der Waals surface area contributed by atoms with E-state index in [1.807, 2.05) is 41.0 Å². The highest BCUT2D eigenvalue weighted by molar-refractivity contribution is 6.30. The van der Waals surface area contributed by atoms with Crippen LogP contribution in [0, 0.1) is 6.92 Å². The zero-order valence-corrected chi connectivity index (χ0v) is 15.0. The van der Waals surface area contributed by atoms with Crippen LogP contribution in [0.4, 0.5) is 0 Å². The first kappa shape index (κ1) is 17.5. The molecule has 0 unspecified atom stereocenters. The predicted molar refractivity (Wildman–Crippen MR) is 99.1 cm³/mol. The molecule has 0 aromatic heterocycles. The maximum atomic E-state index is 12.7. The fraction of sp³-hybridized carbons (Fsp3) is 0.300. The van der Waals surface area contributed by atoms with Crippen molar-refractivity contribution in [3.8, 4) is 0 Å². The van der Waals surface area contributed by atoms with Crippen molar-refractivity contribution in [2.75, 3.05) is 26.2 Å².